The van der Waals surface area contributed by atoms with Crippen LogP contribution in [-0.2, 0) is 28.8 Å². The molecule has 16 heteroatoms. The van der Waals surface area contributed by atoms with E-state index in [-0.39, 0.29) is 83.9 Å². The number of nitrogens with zero attached hydrogens (tertiary/aromatic N) is 2. The molecular formula is C40H66N4O12. The van der Waals surface area contributed by atoms with Crippen LogP contribution in [0.25, 0.3) is 0 Å². The lowest BCUT2D eigenvalue weighted by atomic mass is 9.72. The van der Waals surface area contributed by atoms with Crippen molar-refractivity contribution in [2.75, 3.05) is 13.2 Å². The van der Waals surface area contributed by atoms with Crippen molar-refractivity contribution in [3.05, 3.63) is 20.2 Å². The van der Waals surface area contributed by atoms with Gasteiger partial charge in [-0.25, -0.2) is 4.89 Å². The molecule has 0 saturated heterocycles. The van der Waals surface area contributed by atoms with Crippen LogP contribution in [0.1, 0.15) is 141 Å². The number of carboxylic acid groups (broad SMARTS) is 1. The molecule has 0 aromatic heterocycles. The van der Waals surface area contributed by atoms with Crippen LogP contribution in [0.3, 0.4) is 0 Å². The minimum Gasteiger partial charge on any atom is -0.481 e. The van der Waals surface area contributed by atoms with Crippen molar-refractivity contribution in [3.63, 3.8) is 0 Å². The number of ether oxygens (including phenoxy) is 2. The molecule has 0 heterocycles. The van der Waals surface area contributed by atoms with Crippen molar-refractivity contribution in [2.24, 2.45) is 35.5 Å². The van der Waals surface area contributed by atoms with Crippen molar-refractivity contribution in [3.8, 4) is 0 Å². The van der Waals surface area contributed by atoms with Crippen molar-refractivity contribution in [1.82, 2.24) is 10.8 Å². The van der Waals surface area contributed by atoms with Gasteiger partial charge in [0.2, 0.25) is 18.0 Å². The number of carbonyl (C=O) groups excluding carboxylic acids is 1. The number of hydrogen-bond acceptors (Lipinski definition) is 12. The molecular weight excluding hydrogens is 728 g/mol. The summed E-state index contributed by atoms with van der Waals surface area (Å²) in [5.41, 5.74) is 3.21. The molecule has 1 amide bonds. The first kappa shape index (κ1) is 43.1. The Morgan fingerprint density at radius 1 is 0.571 bits per heavy atom. The minimum absolute atomic E-state index is 0.0180. The van der Waals surface area contributed by atoms with E-state index in [1.807, 2.05) is 0 Å². The maximum Gasteiger partial charge on any atom is 0.307 e. The first-order valence-electron chi connectivity index (χ1n) is 21.8. The van der Waals surface area contributed by atoms with E-state index >= 15 is 0 Å². The second kappa shape index (κ2) is 21.0. The van der Waals surface area contributed by atoms with E-state index in [2.05, 4.69) is 15.7 Å². The van der Waals surface area contributed by atoms with E-state index in [1.165, 1.54) is 25.7 Å². The fourth-order valence-electron chi connectivity index (χ4n) is 11.1. The van der Waals surface area contributed by atoms with Gasteiger partial charge in [0, 0.05) is 47.6 Å². The SMILES string of the molecule is O=C(O)C1CCC([N+](=O)[O-])CC1C(=O)NC1CCC(OC2CCC(C3CCC(OC4CCC(NOCC5CC([N+](=O)[O-])CCC5COO)CC4)CC3)CC2)CC1. The Hall–Kier alpha value is -2.50. The van der Waals surface area contributed by atoms with Crippen LogP contribution in [0.4, 0.5) is 0 Å². The molecule has 6 atom stereocenters. The van der Waals surface area contributed by atoms with Gasteiger partial charge in [0.05, 0.1) is 49.5 Å². The third-order valence-electron chi connectivity index (χ3n) is 14.6. The lowest BCUT2D eigenvalue weighted by Crippen LogP contribution is -2.48. The molecule has 6 unspecified atom stereocenters. The van der Waals surface area contributed by atoms with Crippen LogP contribution < -0.4 is 10.8 Å². The summed E-state index contributed by atoms with van der Waals surface area (Å²) in [6.07, 6.45) is 19.5. The number of amides is 1. The van der Waals surface area contributed by atoms with Crippen LogP contribution in [0.2, 0.25) is 0 Å². The number of aliphatic carboxylic acids is 1. The third-order valence-corrected chi connectivity index (χ3v) is 14.6. The van der Waals surface area contributed by atoms with Crippen molar-refractivity contribution < 1.29 is 49.0 Å². The van der Waals surface area contributed by atoms with Crippen molar-refractivity contribution in [1.29, 1.82) is 0 Å². The second-order valence-corrected chi connectivity index (χ2v) is 18.1. The minimum atomic E-state index is -1.05. The molecule has 4 N–H and O–H groups in total. The Balaban J connectivity index is 0.809. The van der Waals surface area contributed by atoms with E-state index in [0.717, 1.165) is 88.9 Å². The van der Waals surface area contributed by atoms with Gasteiger partial charge in [-0.05, 0) is 139 Å². The lowest BCUT2D eigenvalue weighted by molar-refractivity contribution is -0.529. The molecule has 0 aromatic rings. The molecule has 318 valence electrons. The zero-order valence-corrected chi connectivity index (χ0v) is 32.9. The normalized spacial score (nSPS) is 39.7. The highest BCUT2D eigenvalue weighted by molar-refractivity contribution is 5.85. The average molecular weight is 795 g/mol. The van der Waals surface area contributed by atoms with Gasteiger partial charge < -0.3 is 24.7 Å². The van der Waals surface area contributed by atoms with E-state index in [0.29, 0.717) is 32.0 Å². The molecule has 6 aliphatic rings. The van der Waals surface area contributed by atoms with Gasteiger partial charge in [-0.2, -0.15) is 5.48 Å². The number of carbonyl (C=O) groups is 2. The fraction of sp³-hybridized carbons (Fsp3) is 0.950. The number of carboxylic acids is 1. The van der Waals surface area contributed by atoms with E-state index < -0.39 is 29.9 Å². The van der Waals surface area contributed by atoms with Crippen LogP contribution in [0.15, 0.2) is 0 Å². The summed E-state index contributed by atoms with van der Waals surface area (Å²) < 4.78 is 13.2. The highest BCUT2D eigenvalue weighted by atomic mass is 17.1. The number of nitro groups is 2. The summed E-state index contributed by atoms with van der Waals surface area (Å²) in [7, 11) is 0. The smallest absolute Gasteiger partial charge is 0.307 e. The van der Waals surface area contributed by atoms with E-state index in [1.54, 1.807) is 0 Å². The maximum absolute atomic E-state index is 13.1. The third kappa shape index (κ3) is 12.0. The molecule has 0 aromatic carbocycles. The van der Waals surface area contributed by atoms with Gasteiger partial charge in [0.1, 0.15) is 0 Å². The Labute approximate surface area is 330 Å². The highest BCUT2D eigenvalue weighted by Gasteiger charge is 2.44. The van der Waals surface area contributed by atoms with Crippen LogP contribution in [-0.4, -0.2) is 93.9 Å². The van der Waals surface area contributed by atoms with Crippen molar-refractivity contribution in [2.45, 2.75) is 190 Å². The van der Waals surface area contributed by atoms with E-state index in [9.17, 15) is 34.9 Å². The molecule has 6 saturated carbocycles. The maximum atomic E-state index is 13.1. The molecule has 16 nitrogen and oxygen atoms in total. The summed E-state index contributed by atoms with van der Waals surface area (Å²) in [6, 6.07) is -1.23. The largest absolute Gasteiger partial charge is 0.481 e. The Morgan fingerprint density at radius 2 is 1.05 bits per heavy atom. The molecule has 6 aliphatic carbocycles. The zero-order chi connectivity index (χ0) is 39.6. The molecule has 0 spiro atoms. The average Bonchev–Trinajstić information content (AvgIpc) is 3.20. The summed E-state index contributed by atoms with van der Waals surface area (Å²) in [4.78, 5) is 57.2. The number of rotatable bonds is 16. The molecule has 0 radical (unpaired) electrons. The Morgan fingerprint density at radius 3 is 1.55 bits per heavy atom. The van der Waals surface area contributed by atoms with E-state index in [4.69, 9.17) is 19.6 Å². The van der Waals surface area contributed by atoms with Crippen LogP contribution in [0, 0.1) is 55.7 Å². The fourth-order valence-corrected chi connectivity index (χ4v) is 11.1. The van der Waals surface area contributed by atoms with Gasteiger partial charge in [-0.1, -0.05) is 0 Å². The van der Waals surface area contributed by atoms with Gasteiger partial charge >= 0.3 is 5.97 Å². The molecule has 56 heavy (non-hydrogen) atoms. The molecule has 6 fully saturated rings. The summed E-state index contributed by atoms with van der Waals surface area (Å²) in [6.45, 7) is 0.546. The predicted octanol–water partition coefficient (Wildman–Crippen LogP) is 6.09. The standard InChI is InChI=1S/C40H66N4O12/c45-39(38-22-32(44(50)51)11-20-37(38)40(46)47)41-29-6-16-35(17-7-29)55-33-12-2-25(3-13-33)26-4-14-34(15-5-26)56-36-18-8-30(9-19-36)42-53-23-28-21-31(43(48)49)10-1-27(28)24-54-52/h25-38,42,52H,1-24H2,(H,41,45)(H,46,47). The van der Waals surface area contributed by atoms with Gasteiger partial charge in [0.15, 0.2) is 0 Å². The quantitative estimate of drug-likeness (QED) is 0.0790. The van der Waals surface area contributed by atoms with Crippen LogP contribution >= 0.6 is 0 Å². The molecule has 0 aliphatic heterocycles. The monoisotopic (exact) mass is 794 g/mol. The lowest BCUT2D eigenvalue weighted by Gasteiger charge is -2.40. The number of nitrogens with one attached hydrogen (secondary N) is 2. The molecule has 0 bridgehead atoms. The number of hydroxylamine groups is 1. The van der Waals surface area contributed by atoms with Crippen molar-refractivity contribution >= 4 is 11.9 Å². The van der Waals surface area contributed by atoms with Crippen LogP contribution in [0.5, 0.6) is 0 Å². The zero-order valence-electron chi connectivity index (χ0n) is 32.9. The second-order valence-electron chi connectivity index (χ2n) is 18.1. The summed E-state index contributed by atoms with van der Waals surface area (Å²) >= 11 is 0. The Bertz CT molecular complexity index is 1280. The molecule has 6 rings (SSSR count). The van der Waals surface area contributed by atoms with Gasteiger partial charge in [-0.15, -0.1) is 0 Å². The first-order chi connectivity index (χ1) is 27.1. The van der Waals surface area contributed by atoms with Gasteiger partial charge in [0.25, 0.3) is 0 Å². The summed E-state index contributed by atoms with van der Waals surface area (Å²) in [5, 5.41) is 44.3. The topological polar surface area (TPSA) is 222 Å². The first-order valence-corrected chi connectivity index (χ1v) is 21.8. The van der Waals surface area contributed by atoms with Gasteiger partial charge in [-0.3, -0.25) is 35.1 Å². The predicted molar refractivity (Wildman–Crippen MR) is 202 cm³/mol. The number of hydrogen-bond donors (Lipinski definition) is 4. The summed E-state index contributed by atoms with van der Waals surface area (Å²) in [5.74, 6) is -1.61. The highest BCUT2D eigenvalue weighted by Crippen LogP contribution is 2.41. The Kier molecular flexibility index (Phi) is 16.1.